The molecular formula is C24H28NO5P. The fraction of sp³-hybridized carbons (Fsp3) is 0.333. The summed E-state index contributed by atoms with van der Waals surface area (Å²) < 4.78 is 21.5. The second-order valence-electron chi connectivity index (χ2n) is 7.67. The highest BCUT2D eigenvalue weighted by atomic mass is 31.2. The third-order valence-electron chi connectivity index (χ3n) is 4.75. The van der Waals surface area contributed by atoms with Crippen molar-refractivity contribution in [1.82, 2.24) is 4.98 Å². The number of para-hydroxylation sites is 1. The van der Waals surface area contributed by atoms with E-state index in [-0.39, 0.29) is 18.8 Å². The summed E-state index contributed by atoms with van der Waals surface area (Å²) in [6.07, 6.45) is 3.12. The maximum atomic E-state index is 12.6. The van der Waals surface area contributed by atoms with Crippen LogP contribution in [0.25, 0.3) is 22.0 Å². The number of phosphoric ester groups is 1. The van der Waals surface area contributed by atoms with E-state index in [2.05, 4.69) is 4.98 Å². The van der Waals surface area contributed by atoms with Crippen molar-refractivity contribution in [2.24, 2.45) is 0 Å². The summed E-state index contributed by atoms with van der Waals surface area (Å²) in [4.78, 5) is 26.7. The molecule has 0 spiro atoms. The number of aromatic nitrogens is 1. The highest BCUT2D eigenvalue weighted by Gasteiger charge is 2.22. The second-order valence-corrected chi connectivity index (χ2v) is 9.08. The van der Waals surface area contributed by atoms with Crippen LogP contribution in [0.1, 0.15) is 38.7 Å². The zero-order chi connectivity index (χ0) is 22.3. The summed E-state index contributed by atoms with van der Waals surface area (Å²) in [5.41, 5.74) is 3.89. The van der Waals surface area contributed by atoms with Crippen molar-refractivity contribution in [3.63, 3.8) is 0 Å². The topological polar surface area (TPSA) is 85.7 Å². The zero-order valence-corrected chi connectivity index (χ0v) is 18.8. The highest BCUT2D eigenvalue weighted by molar-refractivity contribution is 7.47. The van der Waals surface area contributed by atoms with Gasteiger partial charge in [0.1, 0.15) is 5.78 Å². The molecule has 3 aromatic rings. The van der Waals surface area contributed by atoms with Gasteiger partial charge in [0, 0.05) is 24.4 Å². The van der Waals surface area contributed by atoms with Gasteiger partial charge in [-0.05, 0) is 49.4 Å². The van der Waals surface area contributed by atoms with E-state index < -0.39 is 13.9 Å². The van der Waals surface area contributed by atoms with E-state index >= 15 is 0 Å². The van der Waals surface area contributed by atoms with E-state index in [1.54, 1.807) is 20.0 Å². The Morgan fingerprint density at radius 2 is 1.77 bits per heavy atom. The molecule has 2 aromatic carbocycles. The third kappa shape index (κ3) is 6.81. The average Bonchev–Trinajstić information content (AvgIpc) is 2.73. The molecule has 0 saturated carbocycles. The Labute approximate surface area is 182 Å². The van der Waals surface area contributed by atoms with Crippen LogP contribution >= 0.6 is 7.82 Å². The molecule has 1 heterocycles. The summed E-state index contributed by atoms with van der Waals surface area (Å²) in [6.45, 7) is 3.40. The van der Waals surface area contributed by atoms with Gasteiger partial charge in [-0.1, -0.05) is 48.5 Å². The van der Waals surface area contributed by atoms with Crippen LogP contribution in [0.2, 0.25) is 0 Å². The lowest BCUT2D eigenvalue weighted by Crippen LogP contribution is -2.06. The summed E-state index contributed by atoms with van der Waals surface area (Å²) in [5.74, 6) is 0.0971. The van der Waals surface area contributed by atoms with Crippen molar-refractivity contribution in [2.45, 2.75) is 45.6 Å². The number of nitrogens with zero attached hydrogens (tertiary/aromatic N) is 1. The smallest absolute Gasteiger partial charge is 0.302 e. The molecule has 1 aromatic heterocycles. The van der Waals surface area contributed by atoms with Gasteiger partial charge in [-0.25, -0.2) is 4.57 Å². The standard InChI is InChI=1S/C24H28NO5P/c1-18(2)30-31(27,28)29-15-9-8-12-21(26)16-20-17-25-23-14-7-6-13-22(23)24(20)19-10-4-3-5-11-19/h3-7,10-11,13-14,17-18H,8-9,12,15-16H2,1-2H3,(H,27,28). The van der Waals surface area contributed by atoms with Crippen LogP contribution in [0.4, 0.5) is 0 Å². The normalized spacial score (nSPS) is 13.4. The van der Waals surface area contributed by atoms with Crippen molar-refractivity contribution in [3.8, 4) is 11.1 Å². The fourth-order valence-electron chi connectivity index (χ4n) is 3.46. The predicted octanol–water partition coefficient (Wildman–Crippen LogP) is 5.73. The number of fused-ring (bicyclic) bond motifs is 1. The van der Waals surface area contributed by atoms with Gasteiger partial charge in [0.05, 0.1) is 18.2 Å². The number of carbonyl (C=O) groups excluding carboxylic acids is 1. The Hall–Kier alpha value is -2.37. The van der Waals surface area contributed by atoms with E-state index in [9.17, 15) is 14.3 Å². The van der Waals surface area contributed by atoms with Crippen molar-refractivity contribution >= 4 is 24.5 Å². The molecule has 31 heavy (non-hydrogen) atoms. The van der Waals surface area contributed by atoms with Crippen molar-refractivity contribution in [3.05, 3.63) is 66.4 Å². The van der Waals surface area contributed by atoms with Crippen molar-refractivity contribution in [1.29, 1.82) is 0 Å². The largest absolute Gasteiger partial charge is 0.472 e. The lowest BCUT2D eigenvalue weighted by molar-refractivity contribution is -0.118. The number of Topliss-reactive ketones (excluding diaryl/α,β-unsaturated/α-hetero) is 1. The minimum atomic E-state index is -4.02. The predicted molar refractivity (Wildman–Crippen MR) is 122 cm³/mol. The van der Waals surface area contributed by atoms with E-state index in [1.165, 1.54) is 0 Å². The molecule has 1 atom stereocenters. The Balaban J connectivity index is 1.63. The lowest BCUT2D eigenvalue weighted by Gasteiger charge is -2.14. The van der Waals surface area contributed by atoms with Gasteiger partial charge < -0.3 is 4.89 Å². The molecule has 1 unspecified atom stereocenters. The van der Waals surface area contributed by atoms with Crippen LogP contribution in [0.3, 0.4) is 0 Å². The summed E-state index contributed by atoms with van der Waals surface area (Å²) in [7, 11) is -4.02. The van der Waals surface area contributed by atoms with Crippen LogP contribution in [0.15, 0.2) is 60.8 Å². The fourth-order valence-corrected chi connectivity index (χ4v) is 4.42. The molecule has 0 amide bonds. The van der Waals surface area contributed by atoms with E-state index in [0.29, 0.717) is 19.3 Å². The third-order valence-corrected chi connectivity index (χ3v) is 5.95. The zero-order valence-electron chi connectivity index (χ0n) is 17.9. The summed E-state index contributed by atoms with van der Waals surface area (Å²) in [5, 5.41) is 1.02. The minimum Gasteiger partial charge on any atom is -0.302 e. The van der Waals surface area contributed by atoms with Crippen LogP contribution in [0.5, 0.6) is 0 Å². The van der Waals surface area contributed by atoms with Crippen LogP contribution < -0.4 is 0 Å². The van der Waals surface area contributed by atoms with Gasteiger partial charge in [0.25, 0.3) is 0 Å². The van der Waals surface area contributed by atoms with Gasteiger partial charge in [-0.15, -0.1) is 0 Å². The summed E-state index contributed by atoms with van der Waals surface area (Å²) in [6, 6.07) is 18.0. The molecule has 0 aliphatic rings. The number of benzene rings is 2. The van der Waals surface area contributed by atoms with Crippen LogP contribution in [-0.4, -0.2) is 28.4 Å². The van der Waals surface area contributed by atoms with Crippen LogP contribution in [0, 0.1) is 0 Å². The molecule has 164 valence electrons. The Morgan fingerprint density at radius 3 is 2.52 bits per heavy atom. The number of hydrogen-bond acceptors (Lipinski definition) is 5. The first-order chi connectivity index (χ1) is 14.9. The molecular weight excluding hydrogens is 413 g/mol. The first-order valence-corrected chi connectivity index (χ1v) is 11.9. The number of carbonyl (C=O) groups is 1. The molecule has 0 aliphatic heterocycles. The van der Waals surface area contributed by atoms with E-state index in [1.807, 2.05) is 54.6 Å². The van der Waals surface area contributed by atoms with Crippen molar-refractivity contribution < 1.29 is 23.3 Å². The van der Waals surface area contributed by atoms with Gasteiger partial charge >= 0.3 is 7.82 Å². The monoisotopic (exact) mass is 441 g/mol. The van der Waals surface area contributed by atoms with Gasteiger partial charge in [0.2, 0.25) is 0 Å². The maximum absolute atomic E-state index is 12.6. The number of pyridine rings is 1. The number of ketones is 1. The Kier molecular flexibility index (Phi) is 8.10. The minimum absolute atomic E-state index is 0.0700. The molecule has 0 bridgehead atoms. The molecule has 0 radical (unpaired) electrons. The van der Waals surface area contributed by atoms with E-state index in [0.717, 1.165) is 27.6 Å². The molecule has 0 fully saturated rings. The molecule has 1 N–H and O–H groups in total. The summed E-state index contributed by atoms with van der Waals surface area (Å²) >= 11 is 0. The number of hydrogen-bond donors (Lipinski definition) is 1. The second kappa shape index (κ2) is 10.8. The quantitative estimate of drug-likeness (QED) is 0.302. The lowest BCUT2D eigenvalue weighted by atomic mass is 9.93. The first kappa shape index (κ1) is 23.3. The number of phosphoric acid groups is 1. The average molecular weight is 441 g/mol. The number of unbranched alkanes of at least 4 members (excludes halogenated alkanes) is 1. The maximum Gasteiger partial charge on any atom is 0.472 e. The SMILES string of the molecule is CC(C)OP(=O)(O)OCCCCC(=O)Cc1cnc2ccccc2c1-c1ccccc1. The molecule has 0 aliphatic carbocycles. The van der Waals surface area contributed by atoms with Gasteiger partial charge in [-0.2, -0.15) is 0 Å². The highest BCUT2D eigenvalue weighted by Crippen LogP contribution is 2.44. The molecule has 0 saturated heterocycles. The van der Waals surface area contributed by atoms with Crippen LogP contribution in [-0.2, 0) is 24.8 Å². The van der Waals surface area contributed by atoms with Crippen molar-refractivity contribution in [2.75, 3.05) is 6.61 Å². The molecule has 3 rings (SSSR count). The molecule has 6 nitrogen and oxygen atoms in total. The van der Waals surface area contributed by atoms with Gasteiger partial charge in [0.15, 0.2) is 0 Å². The number of rotatable bonds is 11. The van der Waals surface area contributed by atoms with E-state index in [4.69, 9.17) is 9.05 Å². The molecule has 7 heteroatoms. The first-order valence-electron chi connectivity index (χ1n) is 10.5. The van der Waals surface area contributed by atoms with Gasteiger partial charge in [-0.3, -0.25) is 18.8 Å². The Bertz CT molecular complexity index is 1070. The Morgan fingerprint density at radius 1 is 1.06 bits per heavy atom.